The minimum atomic E-state index is -0.192. The average molecular weight is 209 g/mol. The largest absolute Gasteiger partial charge is 0.388 e. The number of H-pyrrole nitrogens is 1. The van der Waals surface area contributed by atoms with Crippen molar-refractivity contribution in [2.24, 2.45) is 0 Å². The monoisotopic (exact) mass is 209 g/mol. The molecule has 2 rings (SSSR count). The molecular formula is C7H7N5OS. The van der Waals surface area contributed by atoms with Gasteiger partial charge in [0, 0.05) is 0 Å². The molecule has 0 radical (unpaired) electrons. The molecule has 0 atom stereocenters. The lowest BCUT2D eigenvalue weighted by molar-refractivity contribution is 0.268. The Kier molecular flexibility index (Phi) is 2.33. The van der Waals surface area contributed by atoms with Crippen molar-refractivity contribution in [1.29, 1.82) is 0 Å². The van der Waals surface area contributed by atoms with E-state index in [9.17, 15) is 0 Å². The molecule has 7 heteroatoms. The Morgan fingerprint density at radius 2 is 2.14 bits per heavy atom. The van der Waals surface area contributed by atoms with Gasteiger partial charge in [-0.25, -0.2) is 9.97 Å². The van der Waals surface area contributed by atoms with Crippen LogP contribution >= 0.6 is 12.2 Å². The van der Waals surface area contributed by atoms with Crippen LogP contribution in [0, 0.1) is 4.77 Å². The second-order valence-electron chi connectivity index (χ2n) is 2.54. The van der Waals surface area contributed by atoms with Crippen LogP contribution in [0.5, 0.6) is 0 Å². The Labute approximate surface area is 84.3 Å². The molecular weight excluding hydrogens is 202 g/mol. The van der Waals surface area contributed by atoms with E-state index in [4.69, 9.17) is 17.3 Å². The van der Waals surface area contributed by atoms with Gasteiger partial charge in [-0.2, -0.15) is 5.10 Å². The topological polar surface area (TPSA) is 79.6 Å². The molecule has 0 unspecified atom stereocenters. The lowest BCUT2D eigenvalue weighted by Crippen LogP contribution is -2.02. The van der Waals surface area contributed by atoms with Gasteiger partial charge in [0.05, 0.1) is 18.1 Å². The zero-order valence-corrected chi connectivity index (χ0v) is 7.90. The van der Waals surface area contributed by atoms with Crippen molar-refractivity contribution in [3.8, 4) is 5.69 Å². The van der Waals surface area contributed by atoms with E-state index in [2.05, 4.69) is 20.2 Å². The highest BCUT2D eigenvalue weighted by molar-refractivity contribution is 7.71. The summed E-state index contributed by atoms with van der Waals surface area (Å²) in [6.45, 7) is -0.192. The third kappa shape index (κ3) is 1.42. The number of aliphatic hydroxyl groups excluding tert-OH is 1. The van der Waals surface area contributed by atoms with Crippen molar-refractivity contribution in [3.63, 3.8) is 0 Å². The summed E-state index contributed by atoms with van der Waals surface area (Å²) in [6, 6.07) is 0. The number of aromatic nitrogens is 5. The van der Waals surface area contributed by atoms with Gasteiger partial charge in [-0.15, -0.1) is 0 Å². The number of aromatic amines is 1. The molecule has 72 valence electrons. The zero-order valence-electron chi connectivity index (χ0n) is 7.08. The molecule has 0 aliphatic rings. The van der Waals surface area contributed by atoms with Gasteiger partial charge in [0.15, 0.2) is 10.6 Å². The molecule has 0 aliphatic heterocycles. The van der Waals surface area contributed by atoms with Gasteiger partial charge >= 0.3 is 0 Å². The first-order valence-corrected chi connectivity index (χ1v) is 4.26. The first-order chi connectivity index (χ1) is 6.83. The third-order valence-corrected chi connectivity index (χ3v) is 1.96. The predicted molar refractivity (Wildman–Crippen MR) is 50.3 cm³/mol. The molecule has 2 aromatic heterocycles. The number of nitrogens with zero attached hydrogens (tertiary/aromatic N) is 4. The van der Waals surface area contributed by atoms with Gasteiger partial charge in [-0.05, 0) is 12.2 Å². The SMILES string of the molecule is OCc1n[nH]c(=S)n1-c1cncnc1. The van der Waals surface area contributed by atoms with E-state index in [0.717, 1.165) is 0 Å². The van der Waals surface area contributed by atoms with Crippen molar-refractivity contribution in [3.05, 3.63) is 29.3 Å². The van der Waals surface area contributed by atoms with Gasteiger partial charge in [0.25, 0.3) is 0 Å². The molecule has 0 saturated heterocycles. The number of nitrogens with one attached hydrogen (secondary N) is 1. The standard InChI is InChI=1S/C7H7N5OS/c13-3-6-10-11-7(14)12(6)5-1-8-4-9-2-5/h1-2,4,13H,3H2,(H,11,14). The summed E-state index contributed by atoms with van der Waals surface area (Å²) in [7, 11) is 0. The Balaban J connectivity index is 2.61. The fraction of sp³-hybridized carbons (Fsp3) is 0.143. The fourth-order valence-corrected chi connectivity index (χ4v) is 1.37. The summed E-state index contributed by atoms with van der Waals surface area (Å²) in [5, 5.41) is 15.4. The number of hydrogen-bond donors (Lipinski definition) is 2. The second kappa shape index (κ2) is 3.64. The van der Waals surface area contributed by atoms with E-state index in [1.54, 1.807) is 17.0 Å². The maximum atomic E-state index is 9.00. The van der Waals surface area contributed by atoms with Crippen LogP contribution in [-0.2, 0) is 6.61 Å². The lowest BCUT2D eigenvalue weighted by atomic mass is 10.5. The highest BCUT2D eigenvalue weighted by Crippen LogP contribution is 2.07. The average Bonchev–Trinajstić information content (AvgIpc) is 2.61. The van der Waals surface area contributed by atoms with E-state index in [-0.39, 0.29) is 6.61 Å². The van der Waals surface area contributed by atoms with E-state index in [1.807, 2.05) is 0 Å². The normalized spacial score (nSPS) is 10.4. The summed E-state index contributed by atoms with van der Waals surface area (Å²) in [6.07, 6.45) is 4.61. The van der Waals surface area contributed by atoms with E-state index < -0.39 is 0 Å². The maximum absolute atomic E-state index is 9.00. The van der Waals surface area contributed by atoms with Crippen LogP contribution in [0.3, 0.4) is 0 Å². The highest BCUT2D eigenvalue weighted by atomic mass is 32.1. The summed E-state index contributed by atoms with van der Waals surface area (Å²) in [4.78, 5) is 7.71. The molecule has 0 saturated carbocycles. The minimum absolute atomic E-state index is 0.192. The first kappa shape index (κ1) is 8.97. The van der Waals surface area contributed by atoms with Crippen molar-refractivity contribution in [1.82, 2.24) is 24.7 Å². The lowest BCUT2D eigenvalue weighted by Gasteiger charge is -2.02. The van der Waals surface area contributed by atoms with Crippen molar-refractivity contribution in [2.45, 2.75) is 6.61 Å². The molecule has 6 nitrogen and oxygen atoms in total. The molecule has 0 amide bonds. The first-order valence-electron chi connectivity index (χ1n) is 3.85. The molecule has 0 fully saturated rings. The fourth-order valence-electron chi connectivity index (χ4n) is 1.11. The molecule has 0 aromatic carbocycles. The number of hydrogen-bond acceptors (Lipinski definition) is 5. The van der Waals surface area contributed by atoms with Crippen LogP contribution in [0.25, 0.3) is 5.69 Å². The number of rotatable bonds is 2. The van der Waals surface area contributed by atoms with Crippen molar-refractivity contribution >= 4 is 12.2 Å². The van der Waals surface area contributed by atoms with E-state index >= 15 is 0 Å². The van der Waals surface area contributed by atoms with Crippen LogP contribution < -0.4 is 0 Å². The summed E-state index contributed by atoms with van der Waals surface area (Å²) >= 11 is 5.00. The molecule has 2 N–H and O–H groups in total. The minimum Gasteiger partial charge on any atom is -0.388 e. The van der Waals surface area contributed by atoms with Gasteiger partial charge in [0.1, 0.15) is 12.9 Å². The Bertz CT molecular complexity index is 476. The smallest absolute Gasteiger partial charge is 0.200 e. The Morgan fingerprint density at radius 1 is 1.43 bits per heavy atom. The van der Waals surface area contributed by atoms with Crippen LogP contribution in [0.4, 0.5) is 0 Å². The van der Waals surface area contributed by atoms with E-state index in [1.165, 1.54) is 6.33 Å². The number of aliphatic hydroxyl groups is 1. The highest BCUT2D eigenvalue weighted by Gasteiger charge is 2.06. The predicted octanol–water partition coefficient (Wildman–Crippen LogP) is 0.212. The van der Waals surface area contributed by atoms with Crippen LogP contribution in [0.15, 0.2) is 18.7 Å². The van der Waals surface area contributed by atoms with Crippen molar-refractivity contribution < 1.29 is 5.11 Å². The Morgan fingerprint density at radius 3 is 2.79 bits per heavy atom. The molecule has 14 heavy (non-hydrogen) atoms. The summed E-state index contributed by atoms with van der Waals surface area (Å²) in [5.74, 6) is 0.435. The van der Waals surface area contributed by atoms with Crippen LogP contribution in [0.1, 0.15) is 5.82 Å². The third-order valence-electron chi connectivity index (χ3n) is 1.69. The second-order valence-corrected chi connectivity index (χ2v) is 2.92. The molecule has 2 heterocycles. The van der Waals surface area contributed by atoms with Crippen LogP contribution in [-0.4, -0.2) is 29.8 Å². The van der Waals surface area contributed by atoms with Crippen LogP contribution in [0.2, 0.25) is 0 Å². The van der Waals surface area contributed by atoms with Gasteiger partial charge in [-0.3, -0.25) is 9.67 Å². The van der Waals surface area contributed by atoms with Gasteiger partial charge in [-0.1, -0.05) is 0 Å². The quantitative estimate of drug-likeness (QED) is 0.691. The van der Waals surface area contributed by atoms with Gasteiger partial charge in [0.2, 0.25) is 0 Å². The molecule has 2 aromatic rings. The molecule has 0 aliphatic carbocycles. The van der Waals surface area contributed by atoms with Gasteiger partial charge < -0.3 is 5.11 Å². The maximum Gasteiger partial charge on any atom is 0.200 e. The zero-order chi connectivity index (χ0) is 9.97. The Hall–Kier alpha value is -1.60. The summed E-state index contributed by atoms with van der Waals surface area (Å²) in [5.41, 5.74) is 0.676. The molecule has 0 spiro atoms. The summed E-state index contributed by atoms with van der Waals surface area (Å²) < 4.78 is 1.99. The molecule has 0 bridgehead atoms. The van der Waals surface area contributed by atoms with E-state index in [0.29, 0.717) is 16.3 Å². The van der Waals surface area contributed by atoms with Crippen molar-refractivity contribution in [2.75, 3.05) is 0 Å².